The van der Waals surface area contributed by atoms with E-state index in [1.165, 1.54) is 5.56 Å². The first-order valence-corrected chi connectivity index (χ1v) is 5.08. The molecule has 2 aromatic rings. The van der Waals surface area contributed by atoms with Crippen LogP contribution >= 0.6 is 0 Å². The number of benzene rings is 1. The molecule has 0 saturated carbocycles. The average Bonchev–Trinajstić information content (AvgIpc) is 2.38. The van der Waals surface area contributed by atoms with Crippen molar-refractivity contribution in [2.45, 2.75) is 6.42 Å². The normalized spacial score (nSPS) is 10.3. The fourth-order valence-electron chi connectivity index (χ4n) is 1.45. The lowest BCUT2D eigenvalue weighted by molar-refractivity contribution is 0.141. The van der Waals surface area contributed by atoms with Gasteiger partial charge < -0.3 is 4.84 Å². The number of hydrogen-bond donors (Lipinski definition) is 1. The van der Waals surface area contributed by atoms with Crippen LogP contribution in [0.25, 0.3) is 11.4 Å². The second kappa shape index (κ2) is 5.34. The van der Waals surface area contributed by atoms with Gasteiger partial charge in [-0.15, -0.1) is 0 Å². The summed E-state index contributed by atoms with van der Waals surface area (Å²) in [6.07, 6.45) is 4.28. The van der Waals surface area contributed by atoms with E-state index in [0.717, 1.165) is 17.8 Å². The molecule has 1 aromatic heterocycles. The molecule has 0 aliphatic heterocycles. The zero-order chi connectivity index (χ0) is 11.2. The van der Waals surface area contributed by atoms with Gasteiger partial charge in [-0.05, 0) is 18.1 Å². The molecule has 4 heteroatoms. The molecular formula is C12H13N3O. The predicted octanol–water partition coefficient (Wildman–Crippen LogP) is 1.58. The highest BCUT2D eigenvalue weighted by molar-refractivity contribution is 5.54. The highest BCUT2D eigenvalue weighted by atomic mass is 16.6. The summed E-state index contributed by atoms with van der Waals surface area (Å²) in [6, 6.07) is 9.87. The fourth-order valence-corrected chi connectivity index (χ4v) is 1.45. The quantitative estimate of drug-likeness (QED) is 0.786. The minimum atomic E-state index is 0.529. The molecule has 0 spiro atoms. The Balaban J connectivity index is 2.13. The van der Waals surface area contributed by atoms with Crippen molar-refractivity contribution in [3.05, 3.63) is 48.3 Å². The molecule has 82 valence electrons. The van der Waals surface area contributed by atoms with Gasteiger partial charge in [-0.3, -0.25) is 0 Å². The third kappa shape index (κ3) is 2.62. The van der Waals surface area contributed by atoms with Crippen LogP contribution in [0.5, 0.6) is 0 Å². The van der Waals surface area contributed by atoms with Crippen molar-refractivity contribution in [2.24, 2.45) is 5.90 Å². The predicted molar refractivity (Wildman–Crippen MR) is 61.3 cm³/mol. The average molecular weight is 215 g/mol. The molecule has 0 bridgehead atoms. The summed E-state index contributed by atoms with van der Waals surface area (Å²) in [5.41, 5.74) is 2.20. The molecule has 0 saturated heterocycles. The van der Waals surface area contributed by atoms with Crippen molar-refractivity contribution < 1.29 is 4.84 Å². The second-order valence-electron chi connectivity index (χ2n) is 3.39. The highest BCUT2D eigenvalue weighted by Gasteiger charge is 1.99. The van der Waals surface area contributed by atoms with Gasteiger partial charge in [-0.25, -0.2) is 15.9 Å². The first kappa shape index (κ1) is 10.7. The molecular weight excluding hydrogens is 202 g/mol. The Kier molecular flexibility index (Phi) is 3.58. The van der Waals surface area contributed by atoms with Crippen molar-refractivity contribution in [1.29, 1.82) is 0 Å². The van der Waals surface area contributed by atoms with Gasteiger partial charge in [0, 0.05) is 18.0 Å². The molecule has 0 aliphatic carbocycles. The second-order valence-corrected chi connectivity index (χ2v) is 3.39. The maximum absolute atomic E-state index is 4.98. The van der Waals surface area contributed by atoms with E-state index >= 15 is 0 Å². The summed E-state index contributed by atoms with van der Waals surface area (Å²) in [7, 11) is 0. The SMILES string of the molecule is NOCCc1ccc(-c2ncccn2)cc1. The summed E-state index contributed by atoms with van der Waals surface area (Å²) in [4.78, 5) is 12.9. The van der Waals surface area contributed by atoms with Gasteiger partial charge in [0.05, 0.1) is 6.61 Å². The van der Waals surface area contributed by atoms with Gasteiger partial charge in [-0.1, -0.05) is 24.3 Å². The molecule has 1 aromatic carbocycles. The minimum absolute atomic E-state index is 0.529. The fraction of sp³-hybridized carbons (Fsp3) is 0.167. The maximum atomic E-state index is 4.98. The van der Waals surface area contributed by atoms with Gasteiger partial charge in [0.15, 0.2) is 5.82 Å². The van der Waals surface area contributed by atoms with Crippen LogP contribution in [0, 0.1) is 0 Å². The Labute approximate surface area is 94.1 Å². The summed E-state index contributed by atoms with van der Waals surface area (Å²) in [5.74, 6) is 5.72. The van der Waals surface area contributed by atoms with Crippen LogP contribution < -0.4 is 5.90 Å². The van der Waals surface area contributed by atoms with Crippen LogP contribution in [0.1, 0.15) is 5.56 Å². The topological polar surface area (TPSA) is 61.0 Å². The van der Waals surface area contributed by atoms with E-state index in [-0.39, 0.29) is 0 Å². The van der Waals surface area contributed by atoms with Crippen molar-refractivity contribution in [3.63, 3.8) is 0 Å². The first-order valence-electron chi connectivity index (χ1n) is 5.08. The van der Waals surface area contributed by atoms with Crippen LogP contribution in [0.15, 0.2) is 42.7 Å². The van der Waals surface area contributed by atoms with Crippen LogP contribution in [-0.2, 0) is 11.3 Å². The Morgan fingerprint density at radius 2 is 1.75 bits per heavy atom. The number of hydrogen-bond acceptors (Lipinski definition) is 4. The lowest BCUT2D eigenvalue weighted by Crippen LogP contribution is -2.03. The van der Waals surface area contributed by atoms with Crippen LogP contribution in [-0.4, -0.2) is 16.6 Å². The molecule has 4 nitrogen and oxygen atoms in total. The van der Waals surface area contributed by atoms with Gasteiger partial charge in [-0.2, -0.15) is 0 Å². The maximum Gasteiger partial charge on any atom is 0.159 e. The molecule has 0 radical (unpaired) electrons. The van der Waals surface area contributed by atoms with Crippen LogP contribution in [0.2, 0.25) is 0 Å². The van der Waals surface area contributed by atoms with E-state index < -0.39 is 0 Å². The number of nitrogens with zero attached hydrogens (tertiary/aromatic N) is 2. The zero-order valence-corrected chi connectivity index (χ0v) is 8.84. The largest absolute Gasteiger partial charge is 0.304 e. The van der Waals surface area contributed by atoms with E-state index in [9.17, 15) is 0 Å². The molecule has 0 fully saturated rings. The number of aromatic nitrogens is 2. The van der Waals surface area contributed by atoms with E-state index in [0.29, 0.717) is 6.61 Å². The molecule has 2 rings (SSSR count). The standard InChI is InChI=1S/C12H13N3O/c13-16-9-6-10-2-4-11(5-3-10)12-14-7-1-8-15-12/h1-5,7-8H,6,9,13H2. The van der Waals surface area contributed by atoms with Gasteiger partial charge in [0.2, 0.25) is 0 Å². The van der Waals surface area contributed by atoms with Crippen molar-refractivity contribution in [1.82, 2.24) is 9.97 Å². The lowest BCUT2D eigenvalue weighted by atomic mass is 10.1. The Morgan fingerprint density at radius 1 is 1.06 bits per heavy atom. The van der Waals surface area contributed by atoms with Crippen molar-refractivity contribution in [3.8, 4) is 11.4 Å². The highest BCUT2D eigenvalue weighted by Crippen LogP contribution is 2.14. The number of rotatable bonds is 4. The summed E-state index contributed by atoms with van der Waals surface area (Å²) in [5, 5.41) is 0. The Hall–Kier alpha value is -1.78. The summed E-state index contributed by atoms with van der Waals surface area (Å²) in [6.45, 7) is 0.529. The van der Waals surface area contributed by atoms with E-state index in [2.05, 4.69) is 14.8 Å². The molecule has 2 N–H and O–H groups in total. The monoisotopic (exact) mass is 215 g/mol. The zero-order valence-electron chi connectivity index (χ0n) is 8.84. The minimum Gasteiger partial charge on any atom is -0.304 e. The summed E-state index contributed by atoms with van der Waals surface area (Å²) < 4.78 is 0. The Morgan fingerprint density at radius 3 is 2.38 bits per heavy atom. The smallest absolute Gasteiger partial charge is 0.159 e. The van der Waals surface area contributed by atoms with Crippen molar-refractivity contribution >= 4 is 0 Å². The third-order valence-electron chi connectivity index (χ3n) is 2.29. The van der Waals surface area contributed by atoms with Crippen molar-refractivity contribution in [2.75, 3.05) is 6.61 Å². The van der Waals surface area contributed by atoms with Gasteiger partial charge >= 0.3 is 0 Å². The van der Waals surface area contributed by atoms with Crippen LogP contribution in [0.4, 0.5) is 0 Å². The van der Waals surface area contributed by atoms with Gasteiger partial charge in [0.25, 0.3) is 0 Å². The lowest BCUT2D eigenvalue weighted by Gasteiger charge is -2.02. The van der Waals surface area contributed by atoms with Crippen LogP contribution in [0.3, 0.4) is 0 Å². The number of nitrogens with two attached hydrogens (primary N) is 1. The first-order chi connectivity index (χ1) is 7.90. The molecule has 0 unspecified atom stereocenters. The molecule has 0 amide bonds. The Bertz CT molecular complexity index is 428. The van der Waals surface area contributed by atoms with E-state index in [4.69, 9.17) is 5.90 Å². The van der Waals surface area contributed by atoms with E-state index in [1.54, 1.807) is 18.5 Å². The molecule has 16 heavy (non-hydrogen) atoms. The van der Waals surface area contributed by atoms with Gasteiger partial charge in [0.1, 0.15) is 0 Å². The molecule has 1 heterocycles. The molecule has 0 atom stereocenters. The van der Waals surface area contributed by atoms with E-state index in [1.807, 2.05) is 24.3 Å². The summed E-state index contributed by atoms with van der Waals surface area (Å²) >= 11 is 0. The third-order valence-corrected chi connectivity index (χ3v) is 2.29. The molecule has 0 aliphatic rings.